The summed E-state index contributed by atoms with van der Waals surface area (Å²) >= 11 is 0. The SMILES string of the molecule is CCN(CC)c1ccc(Nc2ccc(C(=O)N(C)c3ccccc3)nc2)cc1. The third-order valence-electron chi connectivity index (χ3n) is 4.72. The van der Waals surface area contributed by atoms with E-state index in [1.807, 2.05) is 36.4 Å². The topological polar surface area (TPSA) is 48.5 Å². The largest absolute Gasteiger partial charge is 0.372 e. The van der Waals surface area contributed by atoms with Gasteiger partial charge in [0.15, 0.2) is 0 Å². The maximum Gasteiger partial charge on any atom is 0.276 e. The highest BCUT2D eigenvalue weighted by molar-refractivity contribution is 6.04. The molecule has 5 heteroatoms. The lowest BCUT2D eigenvalue weighted by Crippen LogP contribution is -2.26. The fourth-order valence-corrected chi connectivity index (χ4v) is 3.05. The molecule has 1 N–H and O–H groups in total. The Morgan fingerprint density at radius 3 is 2.07 bits per heavy atom. The number of amides is 1. The van der Waals surface area contributed by atoms with Crippen molar-refractivity contribution in [2.75, 3.05) is 35.3 Å². The normalized spacial score (nSPS) is 10.4. The molecule has 0 fully saturated rings. The van der Waals surface area contributed by atoms with Gasteiger partial charge in [0.1, 0.15) is 5.69 Å². The van der Waals surface area contributed by atoms with Gasteiger partial charge in [0.25, 0.3) is 5.91 Å². The number of rotatable bonds is 7. The first-order chi connectivity index (χ1) is 13.6. The first-order valence-electron chi connectivity index (χ1n) is 9.53. The van der Waals surface area contributed by atoms with Gasteiger partial charge in [-0.1, -0.05) is 18.2 Å². The number of carbonyl (C=O) groups excluding carboxylic acids is 1. The number of nitrogens with zero attached hydrogens (tertiary/aromatic N) is 3. The number of carbonyl (C=O) groups is 1. The molecule has 28 heavy (non-hydrogen) atoms. The Kier molecular flexibility index (Phi) is 6.27. The molecule has 5 nitrogen and oxygen atoms in total. The van der Waals surface area contributed by atoms with Gasteiger partial charge in [-0.3, -0.25) is 4.79 Å². The molecular weight excluding hydrogens is 348 g/mol. The Labute approximate surface area is 166 Å². The van der Waals surface area contributed by atoms with Crippen molar-refractivity contribution < 1.29 is 4.79 Å². The molecule has 0 aliphatic carbocycles. The van der Waals surface area contributed by atoms with E-state index in [9.17, 15) is 4.79 Å². The van der Waals surface area contributed by atoms with Crippen molar-refractivity contribution in [1.29, 1.82) is 0 Å². The Morgan fingerprint density at radius 1 is 0.857 bits per heavy atom. The van der Waals surface area contributed by atoms with Crippen LogP contribution in [0.15, 0.2) is 72.9 Å². The highest BCUT2D eigenvalue weighted by Gasteiger charge is 2.14. The molecule has 3 aromatic rings. The molecule has 1 amide bonds. The summed E-state index contributed by atoms with van der Waals surface area (Å²) in [5.41, 5.74) is 4.28. The standard InChI is InChI=1S/C23H26N4O/c1-4-27(5-2)21-14-11-18(12-15-21)25-19-13-16-22(24-17-19)23(28)26(3)20-9-7-6-8-10-20/h6-17,25H,4-5H2,1-3H3. The second-order valence-corrected chi connectivity index (χ2v) is 6.48. The van der Waals surface area contributed by atoms with Gasteiger partial charge in [-0.25, -0.2) is 4.98 Å². The number of hydrogen-bond acceptors (Lipinski definition) is 4. The van der Waals surface area contributed by atoms with Crippen LogP contribution in [-0.2, 0) is 0 Å². The second kappa shape index (κ2) is 9.04. The van der Waals surface area contributed by atoms with E-state index in [0.29, 0.717) is 5.69 Å². The molecule has 0 radical (unpaired) electrons. The highest BCUT2D eigenvalue weighted by Crippen LogP contribution is 2.21. The molecule has 0 saturated carbocycles. The van der Waals surface area contributed by atoms with E-state index < -0.39 is 0 Å². The van der Waals surface area contributed by atoms with E-state index in [4.69, 9.17) is 0 Å². The average molecular weight is 374 g/mol. The number of aromatic nitrogens is 1. The quantitative estimate of drug-likeness (QED) is 0.636. The monoisotopic (exact) mass is 374 g/mol. The van der Waals surface area contributed by atoms with Gasteiger partial charge in [0, 0.05) is 37.2 Å². The minimum atomic E-state index is -0.138. The van der Waals surface area contributed by atoms with Gasteiger partial charge >= 0.3 is 0 Å². The summed E-state index contributed by atoms with van der Waals surface area (Å²) in [6.07, 6.45) is 1.68. The molecule has 1 aromatic heterocycles. The predicted octanol–water partition coefficient (Wildman–Crippen LogP) is 4.95. The third kappa shape index (κ3) is 4.49. The van der Waals surface area contributed by atoms with E-state index in [-0.39, 0.29) is 5.91 Å². The summed E-state index contributed by atoms with van der Waals surface area (Å²) in [5, 5.41) is 3.33. The van der Waals surface area contributed by atoms with Crippen LogP contribution in [0.25, 0.3) is 0 Å². The summed E-state index contributed by atoms with van der Waals surface area (Å²) in [7, 11) is 1.75. The Bertz CT molecular complexity index is 888. The Balaban J connectivity index is 1.67. The third-order valence-corrected chi connectivity index (χ3v) is 4.72. The molecule has 0 saturated heterocycles. The van der Waals surface area contributed by atoms with E-state index in [1.165, 1.54) is 5.69 Å². The smallest absolute Gasteiger partial charge is 0.276 e. The van der Waals surface area contributed by atoms with E-state index >= 15 is 0 Å². The van der Waals surface area contributed by atoms with Crippen LogP contribution < -0.4 is 15.1 Å². The van der Waals surface area contributed by atoms with Gasteiger partial charge in [-0.15, -0.1) is 0 Å². The zero-order chi connectivity index (χ0) is 19.9. The van der Waals surface area contributed by atoms with Gasteiger partial charge in [0.2, 0.25) is 0 Å². The van der Waals surface area contributed by atoms with Crippen LogP contribution in [0, 0.1) is 0 Å². The van der Waals surface area contributed by atoms with Crippen LogP contribution in [0.1, 0.15) is 24.3 Å². The zero-order valence-corrected chi connectivity index (χ0v) is 16.6. The number of anilines is 4. The fourth-order valence-electron chi connectivity index (χ4n) is 3.05. The van der Waals surface area contributed by atoms with Crippen molar-refractivity contribution in [3.8, 4) is 0 Å². The van der Waals surface area contributed by atoms with Crippen molar-refractivity contribution in [3.05, 3.63) is 78.6 Å². The number of benzene rings is 2. The Morgan fingerprint density at radius 2 is 1.50 bits per heavy atom. The van der Waals surface area contributed by atoms with Crippen molar-refractivity contribution in [2.24, 2.45) is 0 Å². The van der Waals surface area contributed by atoms with E-state index in [0.717, 1.165) is 30.2 Å². The maximum atomic E-state index is 12.6. The highest BCUT2D eigenvalue weighted by atomic mass is 16.2. The first-order valence-corrected chi connectivity index (χ1v) is 9.53. The minimum absolute atomic E-state index is 0.138. The summed E-state index contributed by atoms with van der Waals surface area (Å²) in [5.74, 6) is -0.138. The summed E-state index contributed by atoms with van der Waals surface area (Å²) < 4.78 is 0. The molecule has 0 atom stereocenters. The molecule has 0 unspecified atom stereocenters. The summed E-state index contributed by atoms with van der Waals surface area (Å²) in [6.45, 7) is 6.28. The van der Waals surface area contributed by atoms with Gasteiger partial charge in [-0.2, -0.15) is 0 Å². The van der Waals surface area contributed by atoms with Gasteiger partial charge in [-0.05, 0) is 62.4 Å². The van der Waals surface area contributed by atoms with E-state index in [2.05, 4.69) is 53.3 Å². The average Bonchev–Trinajstić information content (AvgIpc) is 2.76. The second-order valence-electron chi connectivity index (χ2n) is 6.48. The lowest BCUT2D eigenvalue weighted by atomic mass is 10.2. The van der Waals surface area contributed by atoms with Crippen LogP contribution in [0.2, 0.25) is 0 Å². The van der Waals surface area contributed by atoms with Crippen LogP contribution in [0.5, 0.6) is 0 Å². The summed E-state index contributed by atoms with van der Waals surface area (Å²) in [4.78, 5) is 20.8. The van der Waals surface area contributed by atoms with Crippen LogP contribution in [-0.4, -0.2) is 31.0 Å². The van der Waals surface area contributed by atoms with Crippen molar-refractivity contribution in [1.82, 2.24) is 4.98 Å². The maximum absolute atomic E-state index is 12.6. The zero-order valence-electron chi connectivity index (χ0n) is 16.6. The molecule has 3 rings (SSSR count). The van der Waals surface area contributed by atoms with Crippen LogP contribution in [0.3, 0.4) is 0 Å². The van der Waals surface area contributed by atoms with Gasteiger partial charge in [0.05, 0.1) is 11.9 Å². The van der Waals surface area contributed by atoms with Crippen molar-refractivity contribution in [2.45, 2.75) is 13.8 Å². The van der Waals surface area contributed by atoms with Gasteiger partial charge < -0.3 is 15.1 Å². The molecule has 0 bridgehead atoms. The fraction of sp³-hybridized carbons (Fsp3) is 0.217. The molecule has 2 aromatic carbocycles. The molecular formula is C23H26N4O. The number of para-hydroxylation sites is 1. The Hall–Kier alpha value is -3.34. The molecule has 1 heterocycles. The van der Waals surface area contributed by atoms with Crippen LogP contribution in [0.4, 0.5) is 22.7 Å². The number of pyridine rings is 1. The van der Waals surface area contributed by atoms with Crippen LogP contribution >= 0.6 is 0 Å². The van der Waals surface area contributed by atoms with Crippen molar-refractivity contribution in [3.63, 3.8) is 0 Å². The molecule has 0 spiro atoms. The molecule has 0 aliphatic heterocycles. The predicted molar refractivity (Wildman–Crippen MR) is 117 cm³/mol. The van der Waals surface area contributed by atoms with Crippen molar-refractivity contribution >= 4 is 28.7 Å². The number of hydrogen-bond donors (Lipinski definition) is 1. The first kappa shape index (κ1) is 19.4. The number of nitrogens with one attached hydrogen (secondary N) is 1. The molecule has 0 aliphatic rings. The minimum Gasteiger partial charge on any atom is -0.372 e. The lowest BCUT2D eigenvalue weighted by molar-refractivity contribution is 0.0988. The molecule has 144 valence electrons. The van der Waals surface area contributed by atoms with E-state index in [1.54, 1.807) is 24.2 Å². The lowest BCUT2D eigenvalue weighted by Gasteiger charge is -2.21. The summed E-state index contributed by atoms with van der Waals surface area (Å²) in [6, 6.07) is 21.5.